The van der Waals surface area contributed by atoms with E-state index in [-0.39, 0.29) is 37.3 Å². The number of nitrogens with zero attached hydrogens (tertiary/aromatic N) is 1. The molecule has 0 saturated carbocycles. The maximum absolute atomic E-state index is 15.7. The number of aliphatic hydroxyl groups excluding tert-OH is 1. The van der Waals surface area contributed by atoms with Crippen LogP contribution in [-0.4, -0.2) is 51.1 Å². The number of fused-ring (bicyclic) bond motifs is 2. The number of benzene rings is 2. The number of amides is 2. The maximum atomic E-state index is 15.7. The van der Waals surface area contributed by atoms with Gasteiger partial charge in [-0.2, -0.15) is 0 Å². The maximum Gasteiger partial charge on any atom is 0.264 e. The van der Waals surface area contributed by atoms with Gasteiger partial charge in [-0.25, -0.2) is 0 Å². The number of rotatable bonds is 7. The molecule has 2 fully saturated rings. The van der Waals surface area contributed by atoms with Gasteiger partial charge >= 0.3 is 0 Å². The third kappa shape index (κ3) is 5.22. The van der Waals surface area contributed by atoms with Crippen molar-refractivity contribution in [2.75, 3.05) is 29.9 Å². The molecule has 0 aliphatic carbocycles. The summed E-state index contributed by atoms with van der Waals surface area (Å²) in [6, 6.07) is 13.3. The quantitative estimate of drug-likeness (QED) is 0.297. The Hall–Kier alpha value is -2.11. The van der Waals surface area contributed by atoms with Crippen LogP contribution in [0.3, 0.4) is 0 Å². The molecule has 10 heteroatoms. The molecular weight excluding hydrogens is 581 g/mol. The predicted molar refractivity (Wildman–Crippen MR) is 156 cm³/mol. The molecule has 7 nitrogen and oxygen atoms in total. The summed E-state index contributed by atoms with van der Waals surface area (Å²) >= 11 is 3.55. The minimum Gasteiger partial charge on any atom is -0.396 e. The average molecular weight is 619 g/mol. The molecule has 2 saturated heterocycles. The summed E-state index contributed by atoms with van der Waals surface area (Å²) in [6.07, 6.45) is 1.59. The largest absolute Gasteiger partial charge is 0.396 e. The second-order valence-corrected chi connectivity index (χ2v) is 16.3. The number of carbonyl (C=O) groups is 2. The highest BCUT2D eigenvalue weighted by molar-refractivity contribution is 9.10. The van der Waals surface area contributed by atoms with Crippen molar-refractivity contribution in [1.29, 1.82) is 0 Å². The van der Waals surface area contributed by atoms with Crippen LogP contribution in [0.4, 0.5) is 15.5 Å². The summed E-state index contributed by atoms with van der Waals surface area (Å²) in [5.74, 6) is -0.676. The molecule has 3 aliphatic rings. The van der Waals surface area contributed by atoms with Crippen LogP contribution in [0.15, 0.2) is 46.9 Å². The second kappa shape index (κ2) is 11.0. The van der Waals surface area contributed by atoms with E-state index >= 15 is 4.11 Å². The van der Waals surface area contributed by atoms with Gasteiger partial charge in [-0.3, -0.25) is 9.59 Å². The Morgan fingerprint density at radius 3 is 2.79 bits per heavy atom. The lowest BCUT2D eigenvalue weighted by Crippen LogP contribution is -2.45. The summed E-state index contributed by atoms with van der Waals surface area (Å²) in [6.45, 7) is 7.00. The summed E-state index contributed by atoms with van der Waals surface area (Å²) in [7, 11) is -3.24. The van der Waals surface area contributed by atoms with Gasteiger partial charge in [0.15, 0.2) is 5.60 Å². The number of halogens is 2. The number of nitrogens with one attached hydrogen (secondary N) is 2. The van der Waals surface area contributed by atoms with Crippen molar-refractivity contribution >= 4 is 47.5 Å². The van der Waals surface area contributed by atoms with Crippen molar-refractivity contribution in [3.8, 4) is 0 Å². The van der Waals surface area contributed by atoms with Crippen molar-refractivity contribution < 1.29 is 23.5 Å². The number of ether oxygens (including phenoxy) is 1. The molecule has 0 bridgehead atoms. The van der Waals surface area contributed by atoms with E-state index in [1.54, 1.807) is 18.0 Å². The zero-order chi connectivity index (χ0) is 27.9. The fraction of sp³-hybridized carbons (Fsp3) is 0.517. The molecule has 210 valence electrons. The first-order chi connectivity index (χ1) is 18.6. The number of aliphatic hydroxyl groups is 1. The molecule has 2 amide bonds. The standard InChI is InChI=1S/C29H37BrFN3O4Si/c1-18-26(39(2,3)31)25(11-13-35)38-29(18)23-15-21(30)9-10-24(23)34(28(29)37)17-19-6-4-8-22(14-19)33-27(36)20-7-5-12-32-16-20/h4,6,8-10,14-15,18,20,25-26,32,35H,5,7,11-13,16-17H2,1-3H3,(H,33,36)/t18-,20?,25+,26-,29+/m0/s1. The summed E-state index contributed by atoms with van der Waals surface area (Å²) in [5, 5.41) is 16.0. The first-order valence-corrected chi connectivity index (χ1v) is 17.5. The minimum absolute atomic E-state index is 0.00195. The zero-order valence-corrected chi connectivity index (χ0v) is 25.3. The van der Waals surface area contributed by atoms with Gasteiger partial charge in [-0.15, -0.1) is 0 Å². The van der Waals surface area contributed by atoms with Crippen molar-refractivity contribution in [2.45, 2.75) is 63.1 Å². The number of carbonyl (C=O) groups excluding carboxylic acids is 2. The van der Waals surface area contributed by atoms with Crippen LogP contribution < -0.4 is 15.5 Å². The van der Waals surface area contributed by atoms with Gasteiger partial charge < -0.3 is 29.5 Å². The van der Waals surface area contributed by atoms with Crippen LogP contribution in [0.25, 0.3) is 0 Å². The number of anilines is 2. The molecule has 2 aromatic carbocycles. The van der Waals surface area contributed by atoms with Crippen LogP contribution >= 0.6 is 15.9 Å². The zero-order valence-electron chi connectivity index (χ0n) is 22.7. The Morgan fingerprint density at radius 2 is 2.10 bits per heavy atom. The Bertz CT molecular complexity index is 1250. The topological polar surface area (TPSA) is 90.9 Å². The lowest BCUT2D eigenvalue weighted by molar-refractivity contribution is -0.146. The molecule has 39 heavy (non-hydrogen) atoms. The van der Waals surface area contributed by atoms with E-state index in [0.29, 0.717) is 12.2 Å². The first-order valence-electron chi connectivity index (χ1n) is 13.8. The molecule has 1 unspecified atom stereocenters. The smallest absolute Gasteiger partial charge is 0.264 e. The normalized spacial score (nSPS) is 28.7. The van der Waals surface area contributed by atoms with E-state index in [9.17, 15) is 14.7 Å². The molecule has 3 heterocycles. The summed E-state index contributed by atoms with van der Waals surface area (Å²) in [4.78, 5) is 28.9. The predicted octanol–water partition coefficient (Wildman–Crippen LogP) is 5.09. The van der Waals surface area contributed by atoms with Gasteiger partial charge in [0.05, 0.1) is 24.3 Å². The molecular formula is C29H37BrFN3O4Si. The number of hydrogen-bond donors (Lipinski definition) is 3. The van der Waals surface area contributed by atoms with E-state index in [1.165, 1.54) is 0 Å². The van der Waals surface area contributed by atoms with Gasteiger partial charge in [-0.1, -0.05) is 35.0 Å². The van der Waals surface area contributed by atoms with Crippen molar-refractivity contribution in [3.63, 3.8) is 0 Å². The van der Waals surface area contributed by atoms with Crippen LogP contribution in [0.2, 0.25) is 18.6 Å². The molecule has 2 aromatic rings. The molecule has 0 radical (unpaired) electrons. The molecule has 1 spiro atoms. The van der Waals surface area contributed by atoms with Crippen LogP contribution in [0.5, 0.6) is 0 Å². The summed E-state index contributed by atoms with van der Waals surface area (Å²) in [5.41, 5.74) is 1.27. The SMILES string of the molecule is C[C@H]1[C@H]([Si](C)(C)F)[C@@H](CCO)O[C@]12C(=O)N(Cc1cccc(NC(=O)C3CCCNC3)c1)c1ccc(Br)cc12. The van der Waals surface area contributed by atoms with Gasteiger partial charge in [0.1, 0.15) is 0 Å². The van der Waals surface area contributed by atoms with E-state index in [2.05, 4.69) is 26.6 Å². The highest BCUT2D eigenvalue weighted by atomic mass is 79.9. The third-order valence-corrected chi connectivity index (χ3v) is 11.5. The average Bonchev–Trinajstić information content (AvgIpc) is 3.31. The fourth-order valence-corrected chi connectivity index (χ4v) is 9.73. The number of piperidine rings is 1. The second-order valence-electron chi connectivity index (χ2n) is 11.6. The number of hydrogen-bond acceptors (Lipinski definition) is 5. The first kappa shape index (κ1) is 28.4. The van der Waals surface area contributed by atoms with Crippen LogP contribution in [0.1, 0.15) is 37.3 Å². The van der Waals surface area contributed by atoms with Crippen LogP contribution in [-0.2, 0) is 26.5 Å². The van der Waals surface area contributed by atoms with Gasteiger partial charge in [0.2, 0.25) is 14.3 Å². The Labute approximate surface area is 238 Å². The van der Waals surface area contributed by atoms with Crippen LogP contribution in [0, 0.1) is 11.8 Å². The molecule has 3 N–H and O–H groups in total. The van der Waals surface area contributed by atoms with Crippen molar-refractivity contribution in [1.82, 2.24) is 5.32 Å². The highest BCUT2D eigenvalue weighted by Crippen LogP contribution is 2.60. The van der Waals surface area contributed by atoms with Gasteiger partial charge in [0.25, 0.3) is 5.91 Å². The third-order valence-electron chi connectivity index (χ3n) is 8.54. The molecule has 5 rings (SSSR count). The van der Waals surface area contributed by atoms with Crippen molar-refractivity contribution in [2.24, 2.45) is 11.8 Å². The Balaban J connectivity index is 1.45. The van der Waals surface area contributed by atoms with Gasteiger partial charge in [-0.05, 0) is 74.8 Å². The molecule has 5 atom stereocenters. The van der Waals surface area contributed by atoms with E-state index < -0.39 is 31.6 Å². The molecule has 0 aromatic heterocycles. The Kier molecular flexibility index (Phi) is 8.05. The van der Waals surface area contributed by atoms with Crippen molar-refractivity contribution in [3.05, 3.63) is 58.1 Å². The summed E-state index contributed by atoms with van der Waals surface area (Å²) < 4.78 is 23.0. The van der Waals surface area contributed by atoms with E-state index in [0.717, 1.165) is 40.7 Å². The Morgan fingerprint density at radius 1 is 1.31 bits per heavy atom. The lowest BCUT2D eigenvalue weighted by Gasteiger charge is -2.31. The minimum atomic E-state index is -3.24. The lowest BCUT2D eigenvalue weighted by atomic mass is 9.82. The highest BCUT2D eigenvalue weighted by Gasteiger charge is 2.66. The van der Waals surface area contributed by atoms with E-state index in [1.807, 2.05) is 49.4 Å². The van der Waals surface area contributed by atoms with E-state index in [4.69, 9.17) is 4.74 Å². The van der Waals surface area contributed by atoms with Gasteiger partial charge in [0, 0.05) is 40.3 Å². The molecule has 3 aliphatic heterocycles. The fourth-order valence-electron chi connectivity index (χ4n) is 6.82. The monoisotopic (exact) mass is 617 g/mol.